The molecule has 0 radical (unpaired) electrons. The highest BCUT2D eigenvalue weighted by molar-refractivity contribution is 5.87. The Morgan fingerprint density at radius 2 is 2.04 bits per heavy atom. The molecule has 0 unspecified atom stereocenters. The van der Waals surface area contributed by atoms with Crippen LogP contribution in [0.3, 0.4) is 0 Å². The third kappa shape index (κ3) is 4.42. The molecule has 3 rings (SSSR count). The normalized spacial score (nSPS) is 10.6. The maximum atomic E-state index is 11.8. The van der Waals surface area contributed by atoms with E-state index in [9.17, 15) is 4.79 Å². The van der Waals surface area contributed by atoms with E-state index in [-0.39, 0.29) is 12.5 Å². The molecule has 128 valence electrons. The zero-order valence-electron chi connectivity index (χ0n) is 14.0. The molecule has 6 heteroatoms. The largest absolute Gasteiger partial charge is 0.452 e. The molecule has 1 heterocycles. The lowest BCUT2D eigenvalue weighted by Gasteiger charge is -1.98. The first-order chi connectivity index (χ1) is 12.6. The van der Waals surface area contributed by atoms with Gasteiger partial charge in [0, 0.05) is 11.6 Å². The highest BCUT2D eigenvalue weighted by Gasteiger charge is 2.10. The quantitative estimate of drug-likeness (QED) is 0.518. The molecular weight excluding hydrogens is 330 g/mol. The molecule has 0 saturated heterocycles. The maximum Gasteiger partial charge on any atom is 0.331 e. The Morgan fingerprint density at radius 3 is 2.77 bits per heavy atom. The summed E-state index contributed by atoms with van der Waals surface area (Å²) in [6.07, 6.45) is 2.91. The van der Waals surface area contributed by atoms with Gasteiger partial charge in [-0.15, -0.1) is 10.2 Å². The van der Waals surface area contributed by atoms with Gasteiger partial charge in [-0.1, -0.05) is 29.8 Å². The first-order valence-electron chi connectivity index (χ1n) is 7.88. The van der Waals surface area contributed by atoms with Gasteiger partial charge in [-0.05, 0) is 42.8 Å². The van der Waals surface area contributed by atoms with E-state index in [0.717, 1.165) is 16.7 Å². The second-order valence-electron chi connectivity index (χ2n) is 5.55. The summed E-state index contributed by atoms with van der Waals surface area (Å²) in [5.41, 5.74) is 3.25. The lowest BCUT2D eigenvalue weighted by atomic mass is 10.1. The minimum Gasteiger partial charge on any atom is -0.452 e. The molecule has 0 saturated carbocycles. The lowest BCUT2D eigenvalue weighted by molar-refractivity contribution is -0.139. The molecule has 1 aromatic heterocycles. The second kappa shape index (κ2) is 7.90. The summed E-state index contributed by atoms with van der Waals surface area (Å²) in [7, 11) is 0. The first-order valence-corrected chi connectivity index (χ1v) is 7.88. The topological polar surface area (TPSA) is 89.0 Å². The number of aromatic nitrogens is 2. The molecular formula is C20H15N3O3. The minimum atomic E-state index is -0.523. The van der Waals surface area contributed by atoms with Gasteiger partial charge < -0.3 is 9.15 Å². The van der Waals surface area contributed by atoms with Crippen molar-refractivity contribution in [2.24, 2.45) is 0 Å². The number of rotatable bonds is 5. The van der Waals surface area contributed by atoms with Crippen molar-refractivity contribution in [2.45, 2.75) is 13.5 Å². The first kappa shape index (κ1) is 17.1. The smallest absolute Gasteiger partial charge is 0.331 e. The van der Waals surface area contributed by atoms with Crippen LogP contribution in [0.1, 0.15) is 22.6 Å². The van der Waals surface area contributed by atoms with E-state index >= 15 is 0 Å². The number of carbonyl (C=O) groups excluding carboxylic acids is 1. The van der Waals surface area contributed by atoms with E-state index in [1.807, 2.05) is 37.3 Å². The number of carbonyl (C=O) groups is 1. The average molecular weight is 345 g/mol. The lowest BCUT2D eigenvalue weighted by Crippen LogP contribution is -2.00. The van der Waals surface area contributed by atoms with E-state index in [1.165, 1.54) is 6.08 Å². The van der Waals surface area contributed by atoms with Gasteiger partial charge in [0.25, 0.3) is 5.89 Å². The monoisotopic (exact) mass is 345 g/mol. The highest BCUT2D eigenvalue weighted by Crippen LogP contribution is 2.19. The van der Waals surface area contributed by atoms with Crippen molar-refractivity contribution in [3.8, 4) is 17.5 Å². The van der Waals surface area contributed by atoms with Crippen LogP contribution in [0.4, 0.5) is 0 Å². The van der Waals surface area contributed by atoms with Crippen LogP contribution in [0.5, 0.6) is 0 Å². The van der Waals surface area contributed by atoms with Crippen molar-refractivity contribution in [3.05, 3.63) is 77.2 Å². The van der Waals surface area contributed by atoms with E-state index in [4.69, 9.17) is 14.4 Å². The van der Waals surface area contributed by atoms with Crippen molar-refractivity contribution in [1.29, 1.82) is 5.26 Å². The third-order valence-electron chi connectivity index (χ3n) is 3.52. The molecule has 26 heavy (non-hydrogen) atoms. The van der Waals surface area contributed by atoms with Crippen LogP contribution in [0.15, 0.2) is 59.0 Å². The van der Waals surface area contributed by atoms with Gasteiger partial charge in [-0.25, -0.2) is 4.79 Å². The Kier molecular flexibility index (Phi) is 5.20. The number of benzene rings is 2. The Labute approximate surface area is 150 Å². The highest BCUT2D eigenvalue weighted by atomic mass is 16.5. The van der Waals surface area contributed by atoms with E-state index in [0.29, 0.717) is 11.5 Å². The van der Waals surface area contributed by atoms with Crippen molar-refractivity contribution in [1.82, 2.24) is 10.2 Å². The van der Waals surface area contributed by atoms with E-state index in [2.05, 4.69) is 10.2 Å². The Balaban J connectivity index is 1.56. The van der Waals surface area contributed by atoms with Gasteiger partial charge in [0.2, 0.25) is 5.89 Å². The number of ether oxygens (including phenoxy) is 1. The molecule has 0 aliphatic carbocycles. The molecule has 0 spiro atoms. The Hall–Kier alpha value is -3.72. The number of hydrogen-bond donors (Lipinski definition) is 0. The fourth-order valence-electron chi connectivity index (χ4n) is 2.22. The Morgan fingerprint density at radius 1 is 1.23 bits per heavy atom. The molecule has 6 nitrogen and oxygen atoms in total. The molecule has 0 aliphatic rings. The molecule has 0 aliphatic heterocycles. The molecule has 0 atom stereocenters. The summed E-state index contributed by atoms with van der Waals surface area (Å²) in [5, 5.41) is 16.6. The zero-order chi connectivity index (χ0) is 18.4. The van der Waals surface area contributed by atoms with Gasteiger partial charge >= 0.3 is 5.97 Å². The summed E-state index contributed by atoms with van der Waals surface area (Å²) in [5.74, 6) is 0.0826. The van der Waals surface area contributed by atoms with Crippen molar-refractivity contribution in [2.75, 3.05) is 0 Å². The van der Waals surface area contributed by atoms with Crippen molar-refractivity contribution >= 4 is 12.0 Å². The van der Waals surface area contributed by atoms with Crippen LogP contribution < -0.4 is 0 Å². The molecule has 0 amide bonds. The number of nitrogens with zero attached hydrogens (tertiary/aromatic N) is 3. The third-order valence-corrected chi connectivity index (χ3v) is 3.52. The summed E-state index contributed by atoms with van der Waals surface area (Å²) < 4.78 is 10.6. The summed E-state index contributed by atoms with van der Waals surface area (Å²) in [6.45, 7) is 1.87. The van der Waals surface area contributed by atoms with Crippen molar-refractivity contribution < 1.29 is 13.9 Å². The molecule has 0 fully saturated rings. The fraction of sp³-hybridized carbons (Fsp3) is 0.100. The predicted molar refractivity (Wildman–Crippen MR) is 94.5 cm³/mol. The summed E-state index contributed by atoms with van der Waals surface area (Å²) >= 11 is 0. The predicted octanol–water partition coefficient (Wildman–Crippen LogP) is 3.67. The number of esters is 1. The summed E-state index contributed by atoms with van der Waals surface area (Å²) in [4.78, 5) is 11.8. The zero-order valence-corrected chi connectivity index (χ0v) is 14.0. The standard InChI is InChI=1S/C20H15N3O3/c1-14-3-2-4-17(11-14)20-23-22-18(26-20)13-25-19(24)10-9-15-5-7-16(12-21)8-6-15/h2-11H,13H2,1H3/b10-9+. The van der Waals surface area contributed by atoms with Gasteiger partial charge in [0.15, 0.2) is 6.61 Å². The van der Waals surface area contributed by atoms with Gasteiger partial charge in [-0.3, -0.25) is 0 Å². The van der Waals surface area contributed by atoms with Gasteiger partial charge in [0.05, 0.1) is 11.6 Å². The van der Waals surface area contributed by atoms with Gasteiger partial charge in [0.1, 0.15) is 0 Å². The minimum absolute atomic E-state index is 0.102. The van der Waals surface area contributed by atoms with Crippen LogP contribution in [-0.2, 0) is 16.1 Å². The summed E-state index contributed by atoms with van der Waals surface area (Å²) in [6, 6.07) is 16.6. The van der Waals surface area contributed by atoms with Crippen molar-refractivity contribution in [3.63, 3.8) is 0 Å². The number of hydrogen-bond acceptors (Lipinski definition) is 6. The molecule has 2 aromatic carbocycles. The fourth-order valence-corrected chi connectivity index (χ4v) is 2.22. The van der Waals surface area contributed by atoms with Crippen LogP contribution >= 0.6 is 0 Å². The molecule has 0 N–H and O–H groups in total. The van der Waals surface area contributed by atoms with Crippen LogP contribution in [0, 0.1) is 18.3 Å². The Bertz CT molecular complexity index is 982. The maximum absolute atomic E-state index is 11.8. The van der Waals surface area contributed by atoms with Crippen LogP contribution in [0.2, 0.25) is 0 Å². The number of nitriles is 1. The second-order valence-corrected chi connectivity index (χ2v) is 5.55. The SMILES string of the molecule is Cc1cccc(-c2nnc(COC(=O)/C=C/c3ccc(C#N)cc3)o2)c1. The number of aryl methyl sites for hydroxylation is 1. The van der Waals surface area contributed by atoms with Gasteiger partial charge in [-0.2, -0.15) is 5.26 Å². The van der Waals surface area contributed by atoms with E-state index in [1.54, 1.807) is 30.3 Å². The van der Waals surface area contributed by atoms with Crippen LogP contribution in [-0.4, -0.2) is 16.2 Å². The average Bonchev–Trinajstić information content (AvgIpc) is 3.14. The molecule has 0 bridgehead atoms. The van der Waals surface area contributed by atoms with E-state index < -0.39 is 5.97 Å². The van der Waals surface area contributed by atoms with Crippen LogP contribution in [0.25, 0.3) is 17.5 Å². The molecule has 3 aromatic rings.